The van der Waals surface area contributed by atoms with Crippen LogP contribution in [0.4, 0.5) is 0 Å². The van der Waals surface area contributed by atoms with Crippen molar-refractivity contribution in [2.45, 2.75) is 63.5 Å². The second-order valence-corrected chi connectivity index (χ2v) is 12.2. The minimum absolute atomic E-state index is 0.143. The Bertz CT molecular complexity index is 1160. The number of fused-ring (bicyclic) bond motifs is 1. The molecule has 11 nitrogen and oxygen atoms in total. The molecule has 206 valence electrons. The first kappa shape index (κ1) is 27.9. The number of rotatable bonds is 12. The van der Waals surface area contributed by atoms with E-state index in [-0.39, 0.29) is 42.3 Å². The molecule has 3 atom stereocenters. The average molecular weight is 547 g/mol. The van der Waals surface area contributed by atoms with Gasteiger partial charge in [0.1, 0.15) is 12.3 Å². The van der Waals surface area contributed by atoms with E-state index in [0.717, 1.165) is 37.0 Å². The van der Waals surface area contributed by atoms with E-state index >= 15 is 0 Å². The molecule has 0 spiro atoms. The number of nitrogens with zero attached hydrogens (tertiary/aromatic N) is 1. The van der Waals surface area contributed by atoms with Crippen LogP contribution < -0.4 is 15.4 Å². The van der Waals surface area contributed by atoms with Crippen molar-refractivity contribution in [2.24, 2.45) is 11.8 Å². The third kappa shape index (κ3) is 6.65. The van der Waals surface area contributed by atoms with Crippen molar-refractivity contribution < 1.29 is 32.4 Å². The number of amides is 4. The lowest BCUT2D eigenvalue weighted by atomic mass is 9.85. The van der Waals surface area contributed by atoms with Gasteiger partial charge in [0.05, 0.1) is 22.9 Å². The molecule has 3 N–H and O–H groups in total. The number of sulfonamides is 1. The van der Waals surface area contributed by atoms with Gasteiger partial charge in [0.2, 0.25) is 21.8 Å². The highest BCUT2D eigenvalue weighted by Gasteiger charge is 2.37. The van der Waals surface area contributed by atoms with Crippen LogP contribution >= 0.6 is 0 Å². The monoisotopic (exact) mass is 546 g/mol. The number of benzene rings is 1. The molecular weight excluding hydrogens is 512 g/mol. The van der Waals surface area contributed by atoms with Crippen LogP contribution in [0.15, 0.2) is 24.3 Å². The zero-order valence-corrected chi connectivity index (χ0v) is 22.0. The second-order valence-electron chi connectivity index (χ2n) is 10.3. The summed E-state index contributed by atoms with van der Waals surface area (Å²) in [5.41, 5.74) is 0.460. The summed E-state index contributed by atoms with van der Waals surface area (Å²) in [5.74, 6) is -2.71. The Balaban J connectivity index is 1.41. The summed E-state index contributed by atoms with van der Waals surface area (Å²) in [6.45, 7) is 0.160. The lowest BCUT2D eigenvalue weighted by molar-refractivity contribution is -0.127. The highest BCUT2D eigenvalue weighted by Crippen LogP contribution is 2.28. The molecule has 1 aromatic carbocycles. The van der Waals surface area contributed by atoms with E-state index in [1.165, 1.54) is 12.1 Å². The summed E-state index contributed by atoms with van der Waals surface area (Å²) in [6.07, 6.45) is 6.39. The molecule has 2 heterocycles. The van der Waals surface area contributed by atoms with Crippen molar-refractivity contribution in [2.75, 3.05) is 18.8 Å². The fraction of sp³-hybridized carbons (Fsp3) is 0.577. The predicted molar refractivity (Wildman–Crippen MR) is 137 cm³/mol. The van der Waals surface area contributed by atoms with E-state index in [1.54, 1.807) is 12.1 Å². The summed E-state index contributed by atoms with van der Waals surface area (Å²) in [7, 11) is -4.08. The highest BCUT2D eigenvalue weighted by molar-refractivity contribution is 7.89. The van der Waals surface area contributed by atoms with Gasteiger partial charge < -0.3 is 15.4 Å². The van der Waals surface area contributed by atoms with E-state index < -0.39 is 51.5 Å². The molecule has 1 saturated carbocycles. The van der Waals surface area contributed by atoms with E-state index in [1.807, 2.05) is 0 Å². The van der Waals surface area contributed by atoms with E-state index in [9.17, 15) is 32.4 Å². The van der Waals surface area contributed by atoms with Gasteiger partial charge in [-0.3, -0.25) is 24.1 Å². The molecule has 3 aliphatic rings. The fourth-order valence-electron chi connectivity index (χ4n) is 5.50. The molecule has 4 amide bonds. The number of nitrogens with one attached hydrogen (secondary N) is 3. The zero-order chi connectivity index (χ0) is 27.3. The first-order chi connectivity index (χ1) is 18.2. The van der Waals surface area contributed by atoms with Gasteiger partial charge in [0.25, 0.3) is 11.8 Å². The maximum absolute atomic E-state index is 13.2. The molecule has 2 fully saturated rings. The zero-order valence-electron chi connectivity index (χ0n) is 21.2. The van der Waals surface area contributed by atoms with Crippen LogP contribution in [0.5, 0.6) is 0 Å². The topological polar surface area (TPSA) is 159 Å². The average Bonchev–Trinajstić information content (AvgIpc) is 3.42. The van der Waals surface area contributed by atoms with Crippen LogP contribution in [0, 0.1) is 11.8 Å². The molecule has 12 heteroatoms. The van der Waals surface area contributed by atoms with Gasteiger partial charge in [0, 0.05) is 19.0 Å². The van der Waals surface area contributed by atoms with Crippen molar-refractivity contribution >= 4 is 39.9 Å². The van der Waals surface area contributed by atoms with Crippen LogP contribution in [0.3, 0.4) is 0 Å². The normalized spacial score (nSPS) is 21.6. The Morgan fingerprint density at radius 2 is 1.68 bits per heavy atom. The number of carbonyl (C=O) groups excluding carboxylic acids is 5. The predicted octanol–water partition coefficient (Wildman–Crippen LogP) is 0.751. The Labute approximate surface area is 222 Å². The van der Waals surface area contributed by atoms with Crippen molar-refractivity contribution in [1.82, 2.24) is 20.3 Å². The number of hydrogen-bond donors (Lipinski definition) is 3. The minimum Gasteiger partial charge on any atom is -0.356 e. The lowest BCUT2D eigenvalue weighted by Crippen LogP contribution is -2.52. The standard InChI is InChI=1S/C26H34N4O7S/c31-16-19(15-18-10-11-27-23(18)32)28-24(33)22(14-17-6-2-1-3-7-17)29-38(36,37)13-12-30-25(34)20-8-4-5-9-21(20)26(30)35/h4-5,8-9,16-19,22,29H,1-3,6-7,10-15H2,(H,27,32)(H,28,33)/t18-,19-,22-/m0/s1. The van der Waals surface area contributed by atoms with Crippen LogP contribution in [0.1, 0.15) is 72.1 Å². The van der Waals surface area contributed by atoms with Gasteiger partial charge in [-0.1, -0.05) is 44.2 Å². The molecule has 1 aliphatic carbocycles. The van der Waals surface area contributed by atoms with Gasteiger partial charge in [-0.25, -0.2) is 13.1 Å². The SMILES string of the molecule is O=C[C@H](C[C@@H]1CCNC1=O)NC(=O)[C@H](CC1CCCCC1)NS(=O)(=O)CCN1C(=O)c2ccccc2C1=O. The lowest BCUT2D eigenvalue weighted by Gasteiger charge is -2.27. The molecule has 0 unspecified atom stereocenters. The molecule has 0 radical (unpaired) electrons. The van der Waals surface area contributed by atoms with Crippen LogP contribution in [-0.4, -0.2) is 74.2 Å². The number of imide groups is 1. The van der Waals surface area contributed by atoms with E-state index in [2.05, 4.69) is 15.4 Å². The van der Waals surface area contributed by atoms with E-state index in [4.69, 9.17) is 0 Å². The quantitative estimate of drug-likeness (QED) is 0.258. The molecule has 1 aromatic rings. The molecule has 0 aromatic heterocycles. The molecule has 1 saturated heterocycles. The first-order valence-corrected chi connectivity index (χ1v) is 14.8. The van der Waals surface area contributed by atoms with Gasteiger partial charge >= 0.3 is 0 Å². The van der Waals surface area contributed by atoms with Crippen LogP contribution in [-0.2, 0) is 24.4 Å². The Kier molecular flexibility index (Phi) is 8.93. The second kappa shape index (κ2) is 12.2. The Morgan fingerprint density at radius 3 is 2.26 bits per heavy atom. The molecule has 4 rings (SSSR count). The molecular formula is C26H34N4O7S. The van der Waals surface area contributed by atoms with Gasteiger partial charge in [-0.15, -0.1) is 0 Å². The highest BCUT2D eigenvalue weighted by atomic mass is 32.2. The maximum Gasteiger partial charge on any atom is 0.261 e. The summed E-state index contributed by atoms with van der Waals surface area (Å²) in [5, 5.41) is 5.32. The number of carbonyl (C=O) groups is 5. The number of hydrogen-bond acceptors (Lipinski definition) is 7. The Morgan fingerprint density at radius 1 is 1.03 bits per heavy atom. The summed E-state index contributed by atoms with van der Waals surface area (Å²) >= 11 is 0. The Hall–Kier alpha value is -3.12. The third-order valence-corrected chi connectivity index (χ3v) is 8.95. The maximum atomic E-state index is 13.2. The van der Waals surface area contributed by atoms with Gasteiger partial charge in [-0.05, 0) is 37.3 Å². The van der Waals surface area contributed by atoms with Crippen molar-refractivity contribution in [1.29, 1.82) is 0 Å². The van der Waals surface area contributed by atoms with Crippen LogP contribution in [0.2, 0.25) is 0 Å². The van der Waals surface area contributed by atoms with E-state index in [0.29, 0.717) is 19.3 Å². The summed E-state index contributed by atoms with van der Waals surface area (Å²) in [6, 6.07) is 4.26. The number of aldehydes is 1. The minimum atomic E-state index is -4.08. The van der Waals surface area contributed by atoms with Gasteiger partial charge in [0.15, 0.2) is 0 Å². The van der Waals surface area contributed by atoms with Gasteiger partial charge in [-0.2, -0.15) is 0 Å². The third-order valence-electron chi connectivity index (χ3n) is 7.59. The summed E-state index contributed by atoms with van der Waals surface area (Å²) in [4.78, 5) is 62.9. The van der Waals surface area contributed by atoms with Crippen molar-refractivity contribution in [3.05, 3.63) is 35.4 Å². The fourth-order valence-corrected chi connectivity index (χ4v) is 6.68. The molecule has 0 bridgehead atoms. The van der Waals surface area contributed by atoms with Crippen LogP contribution in [0.25, 0.3) is 0 Å². The molecule has 2 aliphatic heterocycles. The van der Waals surface area contributed by atoms with Crippen molar-refractivity contribution in [3.63, 3.8) is 0 Å². The smallest absolute Gasteiger partial charge is 0.261 e. The van der Waals surface area contributed by atoms with Crippen molar-refractivity contribution in [3.8, 4) is 0 Å². The first-order valence-electron chi connectivity index (χ1n) is 13.2. The summed E-state index contributed by atoms with van der Waals surface area (Å²) < 4.78 is 28.6. The molecule has 38 heavy (non-hydrogen) atoms. The largest absolute Gasteiger partial charge is 0.356 e.